The second kappa shape index (κ2) is 6.89. The van der Waals surface area contributed by atoms with Crippen molar-refractivity contribution in [3.63, 3.8) is 0 Å². The zero-order valence-corrected chi connectivity index (χ0v) is 12.3. The van der Waals surface area contributed by atoms with Gasteiger partial charge in [0.05, 0.1) is 5.75 Å². The van der Waals surface area contributed by atoms with Crippen molar-refractivity contribution < 1.29 is 14.1 Å². The number of carbonyl (C=O) groups is 1. The number of carboxylic acid groups (broad SMARTS) is 1. The Morgan fingerprint density at radius 3 is 2.78 bits per heavy atom. The van der Waals surface area contributed by atoms with E-state index in [1.807, 2.05) is 18.4 Å². The summed E-state index contributed by atoms with van der Waals surface area (Å²) in [6.07, 6.45) is 2.44. The molecule has 1 N–H and O–H groups in total. The predicted octanol–water partition coefficient (Wildman–Crippen LogP) is 0.920. The lowest BCUT2D eigenvalue weighted by Crippen LogP contribution is -2.14. The molecular weight excluding hydrogens is 274 g/mol. The molecule has 102 valence electrons. The minimum absolute atomic E-state index is 0.0343. The van der Waals surface area contributed by atoms with Crippen LogP contribution in [0, 0.1) is 6.92 Å². The Bertz CT molecular complexity index is 448. The molecule has 18 heavy (non-hydrogen) atoms. The lowest BCUT2D eigenvalue weighted by molar-refractivity contribution is -0.133. The van der Waals surface area contributed by atoms with Gasteiger partial charge < -0.3 is 9.67 Å². The Morgan fingerprint density at radius 2 is 2.22 bits per heavy atom. The van der Waals surface area contributed by atoms with Crippen molar-refractivity contribution in [3.05, 3.63) is 5.82 Å². The van der Waals surface area contributed by atoms with Crippen LogP contribution in [0.3, 0.4) is 0 Å². The van der Waals surface area contributed by atoms with Crippen LogP contribution in [0.1, 0.15) is 19.2 Å². The smallest absolute Gasteiger partial charge is 0.313 e. The van der Waals surface area contributed by atoms with Crippen LogP contribution in [0.2, 0.25) is 0 Å². The molecule has 0 amide bonds. The first-order valence-corrected chi connectivity index (χ1v) is 8.09. The second-order valence-corrected chi connectivity index (χ2v) is 6.71. The third kappa shape index (κ3) is 4.41. The van der Waals surface area contributed by atoms with E-state index in [1.165, 1.54) is 0 Å². The fourth-order valence-corrected chi connectivity index (χ4v) is 2.50. The van der Waals surface area contributed by atoms with Crippen LogP contribution < -0.4 is 0 Å². The van der Waals surface area contributed by atoms with Gasteiger partial charge in [-0.3, -0.25) is 9.00 Å². The van der Waals surface area contributed by atoms with Crippen LogP contribution in [-0.4, -0.2) is 47.3 Å². The monoisotopic (exact) mass is 291 g/mol. The van der Waals surface area contributed by atoms with E-state index in [0.717, 1.165) is 24.0 Å². The molecular formula is C10H17N3O3S2. The van der Waals surface area contributed by atoms with E-state index in [4.69, 9.17) is 5.11 Å². The van der Waals surface area contributed by atoms with Crippen molar-refractivity contribution in [1.82, 2.24) is 14.8 Å². The van der Waals surface area contributed by atoms with Gasteiger partial charge in [0.1, 0.15) is 5.82 Å². The maximum Gasteiger partial charge on any atom is 0.313 e. The largest absolute Gasteiger partial charge is 0.481 e. The number of thioether (sulfide) groups is 1. The maximum absolute atomic E-state index is 11.3. The highest BCUT2D eigenvalue weighted by molar-refractivity contribution is 7.99. The molecule has 1 rings (SSSR count). The fourth-order valence-electron chi connectivity index (χ4n) is 1.33. The van der Waals surface area contributed by atoms with Gasteiger partial charge in [0, 0.05) is 28.9 Å². The van der Waals surface area contributed by atoms with Gasteiger partial charge in [-0.05, 0) is 13.3 Å². The van der Waals surface area contributed by atoms with Gasteiger partial charge in [-0.1, -0.05) is 18.7 Å². The average Bonchev–Trinajstić information content (AvgIpc) is 2.64. The average molecular weight is 291 g/mol. The highest BCUT2D eigenvalue weighted by Gasteiger charge is 2.13. The van der Waals surface area contributed by atoms with E-state index in [9.17, 15) is 9.00 Å². The number of aliphatic carboxylic acids is 1. The van der Waals surface area contributed by atoms with E-state index in [1.54, 1.807) is 6.26 Å². The van der Waals surface area contributed by atoms with E-state index >= 15 is 0 Å². The fraction of sp³-hybridized carbons (Fsp3) is 0.700. The molecule has 6 nitrogen and oxygen atoms in total. The molecule has 0 bridgehead atoms. The Morgan fingerprint density at radius 1 is 1.56 bits per heavy atom. The molecule has 2 unspecified atom stereocenters. The van der Waals surface area contributed by atoms with Crippen LogP contribution in [-0.2, 0) is 22.1 Å². The number of rotatable bonds is 7. The molecule has 0 spiro atoms. The minimum atomic E-state index is -0.879. The third-order valence-corrected chi connectivity index (χ3v) is 4.87. The second-order valence-electron chi connectivity index (χ2n) is 3.96. The quantitative estimate of drug-likeness (QED) is 0.752. The number of carboxylic acids is 1. The zero-order valence-electron chi connectivity index (χ0n) is 10.6. The number of aromatic nitrogens is 3. The molecule has 1 aromatic heterocycles. The van der Waals surface area contributed by atoms with Crippen LogP contribution in [0.25, 0.3) is 0 Å². The van der Waals surface area contributed by atoms with Gasteiger partial charge in [0.15, 0.2) is 5.16 Å². The molecule has 0 saturated carbocycles. The molecule has 0 aliphatic rings. The number of aryl methyl sites for hydroxylation is 1. The minimum Gasteiger partial charge on any atom is -0.481 e. The van der Waals surface area contributed by atoms with Gasteiger partial charge in [-0.25, -0.2) is 0 Å². The topological polar surface area (TPSA) is 85.1 Å². The highest BCUT2D eigenvalue weighted by atomic mass is 32.2. The summed E-state index contributed by atoms with van der Waals surface area (Å²) in [6.45, 7) is 4.41. The van der Waals surface area contributed by atoms with E-state index in [2.05, 4.69) is 10.2 Å². The van der Waals surface area contributed by atoms with Crippen molar-refractivity contribution in [2.45, 2.75) is 37.2 Å². The molecule has 0 fully saturated rings. The van der Waals surface area contributed by atoms with Crippen molar-refractivity contribution in [2.75, 3.05) is 12.0 Å². The van der Waals surface area contributed by atoms with E-state index in [-0.39, 0.29) is 11.0 Å². The summed E-state index contributed by atoms with van der Waals surface area (Å²) in [4.78, 5) is 10.5. The van der Waals surface area contributed by atoms with Crippen LogP contribution in [0.5, 0.6) is 0 Å². The van der Waals surface area contributed by atoms with Gasteiger partial charge in [0.2, 0.25) is 0 Å². The van der Waals surface area contributed by atoms with Gasteiger partial charge >= 0.3 is 5.97 Å². The lowest BCUT2D eigenvalue weighted by Gasteiger charge is -2.11. The first-order valence-electron chi connectivity index (χ1n) is 5.48. The Hall–Kier alpha value is -0.890. The Kier molecular flexibility index (Phi) is 5.80. The molecule has 1 heterocycles. The summed E-state index contributed by atoms with van der Waals surface area (Å²) in [5.74, 6) is -0.167. The number of nitrogens with zero attached hydrogens (tertiary/aromatic N) is 3. The zero-order chi connectivity index (χ0) is 13.7. The molecule has 8 heteroatoms. The summed E-state index contributed by atoms with van der Waals surface area (Å²) in [5, 5.41) is 17.2. The van der Waals surface area contributed by atoms with Crippen molar-refractivity contribution in [1.29, 1.82) is 0 Å². The molecule has 1 aromatic rings. The summed E-state index contributed by atoms with van der Waals surface area (Å²) >= 11 is 1.15. The summed E-state index contributed by atoms with van der Waals surface area (Å²) < 4.78 is 13.1. The SMILES string of the molecule is Cc1nnc(SCC(=O)O)n1CCC(C)S(C)=O. The van der Waals surface area contributed by atoms with Crippen molar-refractivity contribution in [3.8, 4) is 0 Å². The van der Waals surface area contributed by atoms with Crippen molar-refractivity contribution in [2.24, 2.45) is 0 Å². The summed E-state index contributed by atoms with van der Waals surface area (Å²) in [5.41, 5.74) is 0. The normalized spacial score (nSPS) is 14.4. The van der Waals surface area contributed by atoms with E-state index in [0.29, 0.717) is 11.7 Å². The molecule has 0 aliphatic carbocycles. The van der Waals surface area contributed by atoms with E-state index < -0.39 is 16.8 Å². The first-order chi connectivity index (χ1) is 8.41. The summed E-state index contributed by atoms with van der Waals surface area (Å²) in [6, 6.07) is 0. The first kappa shape index (κ1) is 15.2. The summed E-state index contributed by atoms with van der Waals surface area (Å²) in [7, 11) is -0.851. The molecule has 0 radical (unpaired) electrons. The molecule has 2 atom stereocenters. The number of hydrogen-bond acceptors (Lipinski definition) is 5. The maximum atomic E-state index is 11.3. The lowest BCUT2D eigenvalue weighted by atomic mass is 10.3. The molecule has 0 saturated heterocycles. The van der Waals surface area contributed by atoms with Crippen LogP contribution >= 0.6 is 11.8 Å². The van der Waals surface area contributed by atoms with Gasteiger partial charge in [0.25, 0.3) is 0 Å². The standard InChI is InChI=1S/C10H17N3O3S2/c1-7(18(3)16)4-5-13-8(2)11-12-10(13)17-6-9(14)15/h7H,4-6H2,1-3H3,(H,14,15). The van der Waals surface area contributed by atoms with Gasteiger partial charge in [-0.2, -0.15) is 0 Å². The molecule has 0 aromatic carbocycles. The highest BCUT2D eigenvalue weighted by Crippen LogP contribution is 2.17. The van der Waals surface area contributed by atoms with Gasteiger partial charge in [-0.15, -0.1) is 10.2 Å². The Labute approximate surface area is 113 Å². The van der Waals surface area contributed by atoms with Crippen LogP contribution in [0.4, 0.5) is 0 Å². The van der Waals surface area contributed by atoms with Crippen LogP contribution in [0.15, 0.2) is 5.16 Å². The Balaban J connectivity index is 2.66. The number of hydrogen-bond donors (Lipinski definition) is 1. The predicted molar refractivity (Wildman–Crippen MR) is 71.3 cm³/mol. The molecule has 0 aliphatic heterocycles. The van der Waals surface area contributed by atoms with Crippen molar-refractivity contribution >= 4 is 28.5 Å². The third-order valence-electron chi connectivity index (χ3n) is 2.55.